The Morgan fingerprint density at radius 1 is 1.24 bits per heavy atom. The molecule has 0 aromatic heterocycles. The molecule has 0 spiro atoms. The molecule has 0 saturated heterocycles. The lowest BCUT2D eigenvalue weighted by molar-refractivity contribution is -0.218. The van der Waals surface area contributed by atoms with Crippen LogP contribution in [0.2, 0.25) is 0 Å². The third kappa shape index (κ3) is 3.83. The van der Waals surface area contributed by atoms with Gasteiger partial charge in [0.2, 0.25) is 0 Å². The Labute approximate surface area is 127 Å². The van der Waals surface area contributed by atoms with E-state index in [1.807, 2.05) is 24.3 Å². The molecule has 0 N–H and O–H groups in total. The standard InChI is InChI=1S/C17H25NO3/c1-4-5-8-11-21-18-16(19)14-9-6-7-10-15(14)17(18)20-12-13(2)3/h6-7,9-10,13,17H,4-5,8,11-12H2,1-3H3. The zero-order valence-electron chi connectivity index (χ0n) is 13.2. The molecule has 1 aliphatic heterocycles. The summed E-state index contributed by atoms with van der Waals surface area (Å²) in [5, 5.41) is 1.41. The zero-order chi connectivity index (χ0) is 15.2. The summed E-state index contributed by atoms with van der Waals surface area (Å²) in [6, 6.07) is 7.57. The first kappa shape index (κ1) is 16.0. The minimum atomic E-state index is -0.419. The Kier molecular flexibility index (Phi) is 5.76. The average Bonchev–Trinajstić information content (AvgIpc) is 2.74. The van der Waals surface area contributed by atoms with E-state index in [-0.39, 0.29) is 5.91 Å². The lowest BCUT2D eigenvalue weighted by atomic mass is 10.1. The number of carbonyl (C=O) groups is 1. The van der Waals surface area contributed by atoms with Crippen LogP contribution in [0.4, 0.5) is 0 Å². The number of amides is 1. The Balaban J connectivity index is 2.08. The van der Waals surface area contributed by atoms with E-state index in [4.69, 9.17) is 9.57 Å². The van der Waals surface area contributed by atoms with Gasteiger partial charge in [-0.2, -0.15) is 5.06 Å². The molecule has 1 aliphatic rings. The number of ether oxygens (including phenoxy) is 1. The molecule has 1 heterocycles. The molecule has 21 heavy (non-hydrogen) atoms. The maximum atomic E-state index is 12.4. The molecule has 1 unspecified atom stereocenters. The fourth-order valence-corrected chi connectivity index (χ4v) is 2.34. The number of carbonyl (C=O) groups excluding carboxylic acids is 1. The molecule has 4 heteroatoms. The Hall–Kier alpha value is -1.39. The Bertz CT molecular complexity index is 473. The average molecular weight is 291 g/mol. The van der Waals surface area contributed by atoms with Crippen molar-refractivity contribution in [2.75, 3.05) is 13.2 Å². The lowest BCUT2D eigenvalue weighted by Gasteiger charge is -2.25. The molecular formula is C17H25NO3. The van der Waals surface area contributed by atoms with Crippen LogP contribution >= 0.6 is 0 Å². The number of hydrogen-bond acceptors (Lipinski definition) is 3. The van der Waals surface area contributed by atoms with Crippen molar-refractivity contribution in [3.8, 4) is 0 Å². The third-order valence-electron chi connectivity index (χ3n) is 3.44. The van der Waals surface area contributed by atoms with E-state index >= 15 is 0 Å². The summed E-state index contributed by atoms with van der Waals surface area (Å²) >= 11 is 0. The summed E-state index contributed by atoms with van der Waals surface area (Å²) in [5.74, 6) is 0.311. The first-order valence-corrected chi connectivity index (χ1v) is 7.82. The fourth-order valence-electron chi connectivity index (χ4n) is 2.34. The van der Waals surface area contributed by atoms with Gasteiger partial charge in [-0.15, -0.1) is 0 Å². The van der Waals surface area contributed by atoms with Gasteiger partial charge in [0.15, 0.2) is 6.23 Å². The van der Waals surface area contributed by atoms with Gasteiger partial charge in [0.05, 0.1) is 13.2 Å². The molecule has 0 fully saturated rings. The maximum absolute atomic E-state index is 12.4. The molecule has 1 atom stereocenters. The summed E-state index contributed by atoms with van der Waals surface area (Å²) in [4.78, 5) is 18.1. The van der Waals surface area contributed by atoms with Crippen LogP contribution < -0.4 is 0 Å². The predicted octanol–water partition coefficient (Wildman–Crippen LogP) is 3.94. The molecule has 2 rings (SSSR count). The van der Waals surface area contributed by atoms with Crippen LogP contribution in [0.3, 0.4) is 0 Å². The van der Waals surface area contributed by atoms with Gasteiger partial charge in [-0.3, -0.25) is 9.63 Å². The van der Waals surface area contributed by atoms with Gasteiger partial charge < -0.3 is 4.74 Å². The summed E-state index contributed by atoms with van der Waals surface area (Å²) < 4.78 is 5.91. The summed E-state index contributed by atoms with van der Waals surface area (Å²) in [5.41, 5.74) is 1.58. The number of hydrogen-bond donors (Lipinski definition) is 0. The highest BCUT2D eigenvalue weighted by molar-refractivity contribution is 5.98. The second kappa shape index (κ2) is 7.57. The van der Waals surface area contributed by atoms with Crippen molar-refractivity contribution in [2.24, 2.45) is 5.92 Å². The van der Waals surface area contributed by atoms with Gasteiger partial charge in [-0.05, 0) is 18.4 Å². The van der Waals surface area contributed by atoms with Crippen LogP contribution in [0.5, 0.6) is 0 Å². The van der Waals surface area contributed by atoms with E-state index in [1.54, 1.807) is 0 Å². The van der Waals surface area contributed by atoms with E-state index in [9.17, 15) is 4.79 Å². The number of fused-ring (bicyclic) bond motifs is 1. The number of hydroxylamine groups is 2. The fraction of sp³-hybridized carbons (Fsp3) is 0.588. The smallest absolute Gasteiger partial charge is 0.280 e. The lowest BCUT2D eigenvalue weighted by Crippen LogP contribution is -2.31. The van der Waals surface area contributed by atoms with E-state index in [2.05, 4.69) is 20.8 Å². The van der Waals surface area contributed by atoms with Crippen LogP contribution in [-0.4, -0.2) is 24.2 Å². The highest BCUT2D eigenvalue weighted by Gasteiger charge is 2.38. The monoisotopic (exact) mass is 291 g/mol. The molecule has 4 nitrogen and oxygen atoms in total. The van der Waals surface area contributed by atoms with Crippen molar-refractivity contribution in [3.63, 3.8) is 0 Å². The molecule has 1 amide bonds. The van der Waals surface area contributed by atoms with Gasteiger partial charge in [0.25, 0.3) is 5.91 Å². The SMILES string of the molecule is CCCCCON1C(=O)c2ccccc2C1OCC(C)C. The van der Waals surface area contributed by atoms with Crippen LogP contribution in [0.15, 0.2) is 24.3 Å². The molecule has 0 aliphatic carbocycles. The van der Waals surface area contributed by atoms with Crippen LogP contribution in [0.1, 0.15) is 62.2 Å². The summed E-state index contributed by atoms with van der Waals surface area (Å²) in [6.07, 6.45) is 2.77. The third-order valence-corrected chi connectivity index (χ3v) is 3.44. The minimum Gasteiger partial charge on any atom is -0.351 e. The molecule has 0 saturated carbocycles. The second-order valence-electron chi connectivity index (χ2n) is 5.84. The highest BCUT2D eigenvalue weighted by Crippen LogP contribution is 2.34. The number of nitrogens with zero attached hydrogens (tertiary/aromatic N) is 1. The molecule has 116 valence electrons. The summed E-state index contributed by atoms with van der Waals surface area (Å²) in [6.45, 7) is 7.48. The second-order valence-corrected chi connectivity index (χ2v) is 5.84. The molecule has 0 radical (unpaired) electrons. The van der Waals surface area contributed by atoms with Crippen molar-refractivity contribution >= 4 is 5.91 Å². The zero-order valence-corrected chi connectivity index (χ0v) is 13.2. The Morgan fingerprint density at radius 2 is 2.00 bits per heavy atom. The van der Waals surface area contributed by atoms with Crippen LogP contribution in [0, 0.1) is 5.92 Å². The van der Waals surface area contributed by atoms with Crippen LogP contribution in [-0.2, 0) is 9.57 Å². The minimum absolute atomic E-state index is 0.101. The van der Waals surface area contributed by atoms with Crippen molar-refractivity contribution in [2.45, 2.75) is 46.3 Å². The van der Waals surface area contributed by atoms with Crippen molar-refractivity contribution in [3.05, 3.63) is 35.4 Å². The van der Waals surface area contributed by atoms with Gasteiger partial charge in [-0.25, -0.2) is 0 Å². The topological polar surface area (TPSA) is 38.8 Å². The molecule has 1 aromatic carbocycles. The molecular weight excluding hydrogens is 266 g/mol. The first-order valence-electron chi connectivity index (χ1n) is 7.82. The number of unbranched alkanes of at least 4 members (excludes halogenated alkanes) is 2. The molecule has 0 bridgehead atoms. The van der Waals surface area contributed by atoms with Gasteiger partial charge in [-0.1, -0.05) is 51.8 Å². The van der Waals surface area contributed by atoms with E-state index in [1.165, 1.54) is 5.06 Å². The van der Waals surface area contributed by atoms with E-state index in [0.717, 1.165) is 24.8 Å². The predicted molar refractivity (Wildman–Crippen MR) is 81.6 cm³/mol. The number of rotatable bonds is 8. The van der Waals surface area contributed by atoms with Gasteiger partial charge in [0.1, 0.15) is 0 Å². The first-order chi connectivity index (χ1) is 10.1. The highest BCUT2D eigenvalue weighted by atomic mass is 16.7. The van der Waals surface area contributed by atoms with E-state index in [0.29, 0.717) is 24.7 Å². The van der Waals surface area contributed by atoms with Crippen molar-refractivity contribution in [1.29, 1.82) is 0 Å². The van der Waals surface area contributed by atoms with Gasteiger partial charge in [0, 0.05) is 11.1 Å². The van der Waals surface area contributed by atoms with Crippen LogP contribution in [0.25, 0.3) is 0 Å². The quantitative estimate of drug-likeness (QED) is 0.681. The maximum Gasteiger partial charge on any atom is 0.280 e. The van der Waals surface area contributed by atoms with Gasteiger partial charge >= 0.3 is 0 Å². The van der Waals surface area contributed by atoms with E-state index < -0.39 is 6.23 Å². The van der Waals surface area contributed by atoms with Crippen molar-refractivity contribution in [1.82, 2.24) is 5.06 Å². The molecule has 1 aromatic rings. The Morgan fingerprint density at radius 3 is 2.71 bits per heavy atom. The number of benzene rings is 1. The largest absolute Gasteiger partial charge is 0.351 e. The summed E-state index contributed by atoms with van der Waals surface area (Å²) in [7, 11) is 0. The van der Waals surface area contributed by atoms with Crippen molar-refractivity contribution < 1.29 is 14.4 Å². The normalized spacial score (nSPS) is 17.6.